The van der Waals surface area contributed by atoms with Crippen LogP contribution in [0.15, 0.2) is 0 Å². The quantitative estimate of drug-likeness (QED) is 0.503. The van der Waals surface area contributed by atoms with Gasteiger partial charge in [0.15, 0.2) is 0 Å². The van der Waals surface area contributed by atoms with Crippen LogP contribution in [-0.4, -0.2) is 24.5 Å². The number of rotatable bonds is 4. The molecule has 0 fully saturated rings. The van der Waals surface area contributed by atoms with Crippen LogP contribution in [0.2, 0.25) is 0 Å². The van der Waals surface area contributed by atoms with Gasteiger partial charge in [-0.3, -0.25) is 0 Å². The molecule has 0 rings (SSSR count). The largest absolute Gasteiger partial charge is 0.331 e. The highest BCUT2D eigenvalue weighted by Crippen LogP contribution is 1.94. The van der Waals surface area contributed by atoms with Gasteiger partial charge in [0, 0.05) is 9.04 Å². The monoisotopic (exact) mass is 147 g/mol. The van der Waals surface area contributed by atoms with Gasteiger partial charge in [-0.2, -0.15) is 0 Å². The summed E-state index contributed by atoms with van der Waals surface area (Å²) in [7, 11) is 1.64. The van der Waals surface area contributed by atoms with Gasteiger partial charge in [-0.1, -0.05) is 19.8 Å². The van der Waals surface area contributed by atoms with Crippen molar-refractivity contribution in [1.29, 1.82) is 0 Å². The summed E-state index contributed by atoms with van der Waals surface area (Å²) in [6.45, 7) is 2.22. The first-order chi connectivity index (χ1) is 3.81. The molecular weight excluding hydrogens is 130 g/mol. The SMILES string of the molecule is CCCCC(N)[SiH2][SiH3]. The van der Waals surface area contributed by atoms with E-state index in [2.05, 4.69) is 6.92 Å². The molecule has 0 saturated heterocycles. The molecule has 0 aromatic heterocycles. The molecule has 0 radical (unpaired) electrons. The normalized spacial score (nSPS) is 15.8. The maximum absolute atomic E-state index is 5.76. The van der Waals surface area contributed by atoms with Crippen molar-refractivity contribution in [3.63, 3.8) is 0 Å². The molecule has 0 aliphatic rings. The van der Waals surface area contributed by atoms with Gasteiger partial charge in [-0.15, -0.1) is 0 Å². The summed E-state index contributed by atoms with van der Waals surface area (Å²) >= 11 is 0. The fourth-order valence-electron chi connectivity index (χ4n) is 0.670. The molecule has 1 atom stereocenters. The molecule has 1 nitrogen and oxygen atoms in total. The first-order valence-corrected chi connectivity index (χ1v) is 10.0. The van der Waals surface area contributed by atoms with E-state index in [0.717, 1.165) is 0 Å². The highest BCUT2D eigenvalue weighted by molar-refractivity contribution is 6.90. The first kappa shape index (κ1) is 8.39. The van der Waals surface area contributed by atoms with E-state index >= 15 is 0 Å². The molecule has 0 spiro atoms. The Morgan fingerprint density at radius 2 is 2.38 bits per heavy atom. The molecule has 0 aliphatic heterocycles. The Bertz CT molecular complexity index is 49.7. The van der Waals surface area contributed by atoms with Crippen molar-refractivity contribution in [3.8, 4) is 0 Å². The lowest BCUT2D eigenvalue weighted by Crippen LogP contribution is -2.27. The molecule has 2 N–H and O–H groups in total. The molecule has 0 bridgehead atoms. The second-order valence-corrected chi connectivity index (χ2v) is 6.63. The predicted molar refractivity (Wildman–Crippen MR) is 46.0 cm³/mol. The van der Waals surface area contributed by atoms with Crippen LogP contribution in [0, 0.1) is 0 Å². The summed E-state index contributed by atoms with van der Waals surface area (Å²) in [5.41, 5.74) is 6.41. The van der Waals surface area contributed by atoms with Crippen molar-refractivity contribution in [3.05, 3.63) is 0 Å². The maximum Gasteiger partial charge on any atom is 0.0246 e. The fraction of sp³-hybridized carbons (Fsp3) is 1.00. The van der Waals surface area contributed by atoms with E-state index in [1.54, 1.807) is 0 Å². The molecule has 1 unspecified atom stereocenters. The van der Waals surface area contributed by atoms with Gasteiger partial charge in [-0.25, -0.2) is 0 Å². The molecule has 0 saturated carbocycles. The standard InChI is InChI=1S/C5H17NSi2/c1-2-3-4-5(6)8-7/h5H,2-4,6,8H2,1,7H3. The van der Waals surface area contributed by atoms with Crippen LogP contribution >= 0.6 is 0 Å². The first-order valence-electron chi connectivity index (χ1n) is 3.56. The van der Waals surface area contributed by atoms with Gasteiger partial charge in [0.2, 0.25) is 0 Å². The Morgan fingerprint density at radius 1 is 1.75 bits per heavy atom. The molecular formula is C5H17NSi2. The van der Waals surface area contributed by atoms with E-state index in [1.807, 2.05) is 0 Å². The zero-order valence-electron chi connectivity index (χ0n) is 5.98. The van der Waals surface area contributed by atoms with Gasteiger partial charge in [0.05, 0.1) is 0 Å². The van der Waals surface area contributed by atoms with Crippen molar-refractivity contribution in [2.24, 2.45) is 5.73 Å². The highest BCUT2D eigenvalue weighted by atomic mass is 29.1. The third-order valence-corrected chi connectivity index (χ3v) is 6.06. The van der Waals surface area contributed by atoms with Crippen molar-refractivity contribution < 1.29 is 0 Å². The number of hydrogen-bond acceptors (Lipinski definition) is 1. The topological polar surface area (TPSA) is 26.0 Å². The summed E-state index contributed by atoms with van der Waals surface area (Å²) in [4.78, 5) is 0. The Balaban J connectivity index is 2.86. The van der Waals surface area contributed by atoms with Crippen molar-refractivity contribution in [2.75, 3.05) is 0 Å². The summed E-state index contributed by atoms with van der Waals surface area (Å²) in [5.74, 6) is 0. The Morgan fingerprint density at radius 3 is 2.75 bits per heavy atom. The van der Waals surface area contributed by atoms with E-state index in [9.17, 15) is 0 Å². The van der Waals surface area contributed by atoms with Gasteiger partial charge in [-0.05, 0) is 21.8 Å². The lowest BCUT2D eigenvalue weighted by Gasteiger charge is -2.04. The Labute approximate surface area is 57.1 Å². The van der Waals surface area contributed by atoms with Crippen molar-refractivity contribution >= 4 is 18.8 Å². The van der Waals surface area contributed by atoms with Crippen LogP contribution in [0.4, 0.5) is 0 Å². The molecule has 0 amide bonds. The average Bonchev–Trinajstić information content (AvgIpc) is 1.83. The van der Waals surface area contributed by atoms with Crippen LogP contribution in [0.5, 0.6) is 0 Å². The molecule has 0 aromatic carbocycles. The summed E-state index contributed by atoms with van der Waals surface area (Å²) in [6.07, 6.45) is 3.95. The van der Waals surface area contributed by atoms with Gasteiger partial charge in [0.1, 0.15) is 0 Å². The minimum Gasteiger partial charge on any atom is -0.331 e. The molecule has 50 valence electrons. The molecule has 0 heterocycles. The number of unbranched alkanes of at least 4 members (excludes halogenated alkanes) is 1. The third-order valence-electron chi connectivity index (χ3n) is 1.45. The molecule has 0 aliphatic carbocycles. The van der Waals surface area contributed by atoms with Crippen LogP contribution in [-0.2, 0) is 0 Å². The van der Waals surface area contributed by atoms with E-state index in [1.165, 1.54) is 29.0 Å². The second kappa shape index (κ2) is 5.53. The van der Waals surface area contributed by atoms with Crippen molar-refractivity contribution in [1.82, 2.24) is 0 Å². The minimum atomic E-state index is 0.235. The molecule has 8 heavy (non-hydrogen) atoms. The van der Waals surface area contributed by atoms with E-state index in [4.69, 9.17) is 5.73 Å². The van der Waals surface area contributed by atoms with Crippen LogP contribution in [0.25, 0.3) is 0 Å². The van der Waals surface area contributed by atoms with Gasteiger partial charge in [0.25, 0.3) is 0 Å². The summed E-state index contributed by atoms with van der Waals surface area (Å²) < 4.78 is 0. The second-order valence-electron chi connectivity index (χ2n) is 2.31. The maximum atomic E-state index is 5.76. The average molecular weight is 147 g/mol. The van der Waals surface area contributed by atoms with E-state index in [0.29, 0.717) is 5.67 Å². The molecule has 3 heteroatoms. The highest BCUT2D eigenvalue weighted by Gasteiger charge is 1.95. The Kier molecular flexibility index (Phi) is 5.80. The number of nitrogens with two attached hydrogens (primary N) is 1. The smallest absolute Gasteiger partial charge is 0.0246 e. The van der Waals surface area contributed by atoms with Crippen LogP contribution < -0.4 is 5.73 Å². The zero-order valence-corrected chi connectivity index (χ0v) is 9.40. The van der Waals surface area contributed by atoms with Crippen LogP contribution in [0.1, 0.15) is 26.2 Å². The zero-order chi connectivity index (χ0) is 6.41. The predicted octanol–water partition coefficient (Wildman–Crippen LogP) is -1.09. The lowest BCUT2D eigenvalue weighted by atomic mass is 10.2. The lowest BCUT2D eigenvalue weighted by molar-refractivity contribution is 0.691. The molecule has 0 aromatic rings. The van der Waals surface area contributed by atoms with E-state index in [-0.39, 0.29) is 9.04 Å². The summed E-state index contributed by atoms with van der Waals surface area (Å²) in [5, 5.41) is 0. The van der Waals surface area contributed by atoms with Gasteiger partial charge >= 0.3 is 0 Å². The van der Waals surface area contributed by atoms with E-state index < -0.39 is 0 Å². The van der Waals surface area contributed by atoms with Gasteiger partial charge < -0.3 is 5.73 Å². The minimum absolute atomic E-state index is 0.235. The van der Waals surface area contributed by atoms with Crippen molar-refractivity contribution in [2.45, 2.75) is 31.9 Å². The Hall–Kier alpha value is 0.394. The summed E-state index contributed by atoms with van der Waals surface area (Å²) in [6, 6.07) is 0. The third kappa shape index (κ3) is 4.55. The fourth-order valence-corrected chi connectivity index (χ4v) is 2.59. The number of hydrogen-bond donors (Lipinski definition) is 1. The van der Waals surface area contributed by atoms with Crippen LogP contribution in [0.3, 0.4) is 0 Å².